The summed E-state index contributed by atoms with van der Waals surface area (Å²) >= 11 is 12.0. The van der Waals surface area contributed by atoms with Gasteiger partial charge in [-0.25, -0.2) is 13.1 Å². The van der Waals surface area contributed by atoms with E-state index in [-0.39, 0.29) is 32.8 Å². The molecule has 9 heteroatoms. The van der Waals surface area contributed by atoms with E-state index < -0.39 is 10.0 Å². The molecule has 1 fully saturated rings. The second kappa shape index (κ2) is 8.85. The number of sulfonamides is 1. The standard InChI is InChI=1S/C14H20Cl2N2O3S.ClH/c1-21-10-14(5-7-17-8-6-14)9-18-22(19,20)13-11(15)3-2-4-12(13)16;/h2-4,17-18H,5-10H2,1H3;1H. The molecule has 1 aromatic rings. The van der Waals surface area contributed by atoms with Crippen LogP contribution in [0, 0.1) is 5.41 Å². The fourth-order valence-corrected chi connectivity index (χ4v) is 4.99. The van der Waals surface area contributed by atoms with Gasteiger partial charge in [-0.3, -0.25) is 0 Å². The van der Waals surface area contributed by atoms with Crippen LogP contribution in [0.3, 0.4) is 0 Å². The summed E-state index contributed by atoms with van der Waals surface area (Å²) in [6.07, 6.45) is 1.69. The average molecular weight is 404 g/mol. The van der Waals surface area contributed by atoms with Crippen LogP contribution in [0.1, 0.15) is 12.8 Å². The second-order valence-electron chi connectivity index (χ2n) is 5.56. The molecule has 23 heavy (non-hydrogen) atoms. The number of piperidine rings is 1. The number of halogens is 3. The van der Waals surface area contributed by atoms with Gasteiger partial charge in [0.25, 0.3) is 0 Å². The van der Waals surface area contributed by atoms with Crippen molar-refractivity contribution in [3.8, 4) is 0 Å². The Bertz CT molecular complexity index is 594. The van der Waals surface area contributed by atoms with E-state index in [2.05, 4.69) is 10.0 Å². The number of hydrogen-bond acceptors (Lipinski definition) is 4. The fourth-order valence-electron chi connectivity index (χ4n) is 2.69. The van der Waals surface area contributed by atoms with Crippen molar-refractivity contribution in [2.24, 2.45) is 5.41 Å². The molecule has 0 unspecified atom stereocenters. The second-order valence-corrected chi connectivity index (χ2v) is 8.08. The van der Waals surface area contributed by atoms with Gasteiger partial charge in [-0.1, -0.05) is 29.3 Å². The predicted molar refractivity (Wildman–Crippen MR) is 95.3 cm³/mol. The summed E-state index contributed by atoms with van der Waals surface area (Å²) < 4.78 is 33.0. The van der Waals surface area contributed by atoms with Crippen LogP contribution in [0.5, 0.6) is 0 Å². The van der Waals surface area contributed by atoms with Crippen LogP contribution in [0.4, 0.5) is 0 Å². The maximum atomic E-state index is 12.5. The largest absolute Gasteiger partial charge is 0.384 e. The number of rotatable bonds is 6. The molecule has 0 aromatic heterocycles. The van der Waals surface area contributed by atoms with E-state index in [1.165, 1.54) is 12.1 Å². The highest BCUT2D eigenvalue weighted by Gasteiger charge is 2.34. The van der Waals surface area contributed by atoms with E-state index in [1.54, 1.807) is 13.2 Å². The minimum Gasteiger partial charge on any atom is -0.384 e. The lowest BCUT2D eigenvalue weighted by atomic mass is 9.80. The molecule has 132 valence electrons. The summed E-state index contributed by atoms with van der Waals surface area (Å²) in [5.74, 6) is 0. The van der Waals surface area contributed by atoms with E-state index >= 15 is 0 Å². The van der Waals surface area contributed by atoms with E-state index in [0.717, 1.165) is 25.9 Å². The lowest BCUT2D eigenvalue weighted by Crippen LogP contribution is -2.47. The fraction of sp³-hybridized carbons (Fsp3) is 0.571. The summed E-state index contributed by atoms with van der Waals surface area (Å²) in [5.41, 5.74) is -0.208. The first-order valence-corrected chi connectivity index (χ1v) is 9.27. The lowest BCUT2D eigenvalue weighted by Gasteiger charge is -2.37. The van der Waals surface area contributed by atoms with E-state index in [1.807, 2.05) is 0 Å². The summed E-state index contributed by atoms with van der Waals surface area (Å²) in [6, 6.07) is 4.64. The molecule has 0 aliphatic carbocycles. The van der Waals surface area contributed by atoms with Crippen molar-refractivity contribution in [2.75, 3.05) is 33.4 Å². The van der Waals surface area contributed by atoms with Crippen LogP contribution >= 0.6 is 35.6 Å². The number of nitrogens with one attached hydrogen (secondary N) is 2. The van der Waals surface area contributed by atoms with Gasteiger partial charge in [0.05, 0.1) is 16.7 Å². The third-order valence-electron chi connectivity index (χ3n) is 3.94. The zero-order chi connectivity index (χ0) is 16.2. The Morgan fingerprint density at radius 3 is 2.35 bits per heavy atom. The first-order chi connectivity index (χ1) is 10.4. The third-order valence-corrected chi connectivity index (χ3v) is 6.30. The van der Waals surface area contributed by atoms with Crippen LogP contribution in [0.15, 0.2) is 23.1 Å². The van der Waals surface area contributed by atoms with Crippen molar-refractivity contribution in [3.63, 3.8) is 0 Å². The maximum absolute atomic E-state index is 12.5. The van der Waals surface area contributed by atoms with Crippen LogP contribution in [0.2, 0.25) is 10.0 Å². The van der Waals surface area contributed by atoms with Crippen molar-refractivity contribution in [1.29, 1.82) is 0 Å². The zero-order valence-electron chi connectivity index (χ0n) is 12.8. The Morgan fingerprint density at radius 1 is 1.26 bits per heavy atom. The van der Waals surface area contributed by atoms with Gasteiger partial charge in [-0.15, -0.1) is 12.4 Å². The molecule has 1 aromatic carbocycles. The van der Waals surface area contributed by atoms with Crippen LogP contribution in [0.25, 0.3) is 0 Å². The molecule has 0 spiro atoms. The van der Waals surface area contributed by atoms with E-state index in [9.17, 15) is 8.42 Å². The molecule has 0 bridgehead atoms. The zero-order valence-corrected chi connectivity index (χ0v) is 15.9. The topological polar surface area (TPSA) is 67.4 Å². The minimum absolute atomic E-state index is 0. The highest BCUT2D eigenvalue weighted by atomic mass is 35.5. The molecule has 2 N–H and O–H groups in total. The molecule has 0 amide bonds. The van der Waals surface area contributed by atoms with Crippen molar-refractivity contribution < 1.29 is 13.2 Å². The Morgan fingerprint density at radius 2 is 1.83 bits per heavy atom. The van der Waals surface area contributed by atoms with Gasteiger partial charge in [-0.2, -0.15) is 0 Å². The average Bonchev–Trinajstić information content (AvgIpc) is 2.46. The normalized spacial score (nSPS) is 17.5. The maximum Gasteiger partial charge on any atom is 0.243 e. The summed E-state index contributed by atoms with van der Waals surface area (Å²) in [7, 11) is -2.14. The van der Waals surface area contributed by atoms with Crippen molar-refractivity contribution in [2.45, 2.75) is 17.7 Å². The summed E-state index contributed by atoms with van der Waals surface area (Å²) in [5, 5.41) is 3.50. The molecular formula is C14H21Cl3N2O3S. The van der Waals surface area contributed by atoms with Crippen molar-refractivity contribution in [1.82, 2.24) is 10.0 Å². The molecule has 1 saturated heterocycles. The van der Waals surface area contributed by atoms with Crippen LogP contribution in [-0.4, -0.2) is 41.8 Å². The van der Waals surface area contributed by atoms with Gasteiger partial charge >= 0.3 is 0 Å². The van der Waals surface area contributed by atoms with E-state index in [4.69, 9.17) is 27.9 Å². The molecule has 1 aliphatic heterocycles. The highest BCUT2D eigenvalue weighted by molar-refractivity contribution is 7.89. The van der Waals surface area contributed by atoms with Gasteiger partial charge in [0.15, 0.2) is 0 Å². The minimum atomic E-state index is -3.77. The Kier molecular flexibility index (Phi) is 8.07. The predicted octanol–water partition coefficient (Wildman–Crippen LogP) is 2.71. The van der Waals surface area contributed by atoms with Crippen molar-refractivity contribution in [3.05, 3.63) is 28.2 Å². The van der Waals surface area contributed by atoms with Crippen molar-refractivity contribution >= 4 is 45.6 Å². The van der Waals surface area contributed by atoms with Gasteiger partial charge in [-0.05, 0) is 38.1 Å². The van der Waals surface area contributed by atoms with Gasteiger partial charge in [0.2, 0.25) is 10.0 Å². The van der Waals surface area contributed by atoms with Crippen LogP contribution < -0.4 is 10.0 Å². The number of methoxy groups -OCH3 is 1. The SMILES string of the molecule is COCC1(CNS(=O)(=O)c2c(Cl)cccc2Cl)CCNCC1.Cl. The third kappa shape index (κ3) is 5.19. The van der Waals surface area contributed by atoms with Gasteiger partial charge < -0.3 is 10.1 Å². The Labute approximate surface area is 153 Å². The highest BCUT2D eigenvalue weighted by Crippen LogP contribution is 2.31. The Balaban J connectivity index is 0.00000264. The molecule has 2 rings (SSSR count). The molecule has 0 saturated carbocycles. The van der Waals surface area contributed by atoms with Crippen LogP contribution in [-0.2, 0) is 14.8 Å². The van der Waals surface area contributed by atoms with Gasteiger partial charge in [0.1, 0.15) is 4.90 Å². The monoisotopic (exact) mass is 402 g/mol. The molecule has 0 radical (unpaired) electrons. The quantitative estimate of drug-likeness (QED) is 0.766. The number of ether oxygens (including phenoxy) is 1. The van der Waals surface area contributed by atoms with Gasteiger partial charge in [0, 0.05) is 19.1 Å². The molecular weight excluding hydrogens is 383 g/mol. The molecule has 1 heterocycles. The smallest absolute Gasteiger partial charge is 0.243 e. The first-order valence-electron chi connectivity index (χ1n) is 7.04. The van der Waals surface area contributed by atoms with E-state index in [0.29, 0.717) is 13.2 Å². The molecule has 0 atom stereocenters. The molecule has 5 nitrogen and oxygen atoms in total. The summed E-state index contributed by atoms with van der Waals surface area (Å²) in [4.78, 5) is -0.0696. The first kappa shape index (κ1) is 21.0. The Hall–Kier alpha value is -0.0800. The lowest BCUT2D eigenvalue weighted by molar-refractivity contribution is 0.0577. The molecule has 1 aliphatic rings. The number of hydrogen-bond donors (Lipinski definition) is 2. The summed E-state index contributed by atoms with van der Waals surface area (Å²) in [6.45, 7) is 2.50. The number of benzene rings is 1.